The maximum Gasteiger partial charge on any atom is 0.270 e. The van der Waals surface area contributed by atoms with Gasteiger partial charge in [0.1, 0.15) is 5.69 Å². The Morgan fingerprint density at radius 3 is 2.71 bits per heavy atom. The summed E-state index contributed by atoms with van der Waals surface area (Å²) in [7, 11) is 0. The van der Waals surface area contributed by atoms with Crippen LogP contribution in [-0.2, 0) is 0 Å². The molecule has 1 amide bonds. The molecule has 0 radical (unpaired) electrons. The van der Waals surface area contributed by atoms with E-state index in [0.29, 0.717) is 11.6 Å². The van der Waals surface area contributed by atoms with Gasteiger partial charge in [0.25, 0.3) is 5.91 Å². The first-order chi connectivity index (χ1) is 11.7. The van der Waals surface area contributed by atoms with E-state index < -0.39 is 0 Å². The number of para-hydroxylation sites is 1. The average molecular weight is 337 g/mol. The third-order valence-corrected chi connectivity index (χ3v) is 5.33. The quantitative estimate of drug-likeness (QED) is 0.754. The van der Waals surface area contributed by atoms with Crippen LogP contribution in [0.2, 0.25) is 0 Å². The average Bonchev–Trinajstić information content (AvgIpc) is 3.14. The number of nitrogens with one attached hydrogen (secondary N) is 1. The molecule has 1 atom stereocenters. The Balaban J connectivity index is 1.64. The standard InChI is InChI=1S/C19H19N3OS/c1-13(18-8-5-11-24-18)20-19(23)17-12-16(14-9-10-14)21-22(17)15-6-3-2-4-7-15/h2-8,11-14H,9-10H2,1H3,(H,20,23). The lowest BCUT2D eigenvalue weighted by Crippen LogP contribution is -2.28. The van der Waals surface area contributed by atoms with Gasteiger partial charge < -0.3 is 5.32 Å². The van der Waals surface area contributed by atoms with Gasteiger partial charge in [0.05, 0.1) is 17.4 Å². The molecule has 3 aromatic rings. The maximum atomic E-state index is 12.8. The van der Waals surface area contributed by atoms with Crippen LogP contribution in [0.15, 0.2) is 53.9 Å². The first kappa shape index (κ1) is 15.1. The second-order valence-corrected chi connectivity index (χ2v) is 7.17. The van der Waals surface area contributed by atoms with E-state index in [1.165, 1.54) is 12.8 Å². The molecule has 0 saturated heterocycles. The molecule has 0 aliphatic heterocycles. The highest BCUT2D eigenvalue weighted by atomic mass is 32.1. The summed E-state index contributed by atoms with van der Waals surface area (Å²) in [6.45, 7) is 2.01. The molecule has 0 spiro atoms. The van der Waals surface area contributed by atoms with Crippen LogP contribution in [0.4, 0.5) is 0 Å². The van der Waals surface area contributed by atoms with Crippen molar-refractivity contribution in [1.82, 2.24) is 15.1 Å². The molecule has 4 rings (SSSR count). The van der Waals surface area contributed by atoms with E-state index in [4.69, 9.17) is 5.10 Å². The number of benzene rings is 1. The van der Waals surface area contributed by atoms with Crippen molar-refractivity contribution in [3.05, 3.63) is 70.2 Å². The molecule has 24 heavy (non-hydrogen) atoms. The van der Waals surface area contributed by atoms with Gasteiger partial charge in [-0.25, -0.2) is 4.68 Å². The van der Waals surface area contributed by atoms with E-state index in [-0.39, 0.29) is 11.9 Å². The Hall–Kier alpha value is -2.40. The summed E-state index contributed by atoms with van der Waals surface area (Å²) in [6.07, 6.45) is 2.33. The molecular weight excluding hydrogens is 318 g/mol. The highest BCUT2D eigenvalue weighted by Gasteiger charge is 2.29. The van der Waals surface area contributed by atoms with Crippen molar-refractivity contribution in [2.75, 3.05) is 0 Å². The fourth-order valence-electron chi connectivity index (χ4n) is 2.79. The SMILES string of the molecule is CC(NC(=O)c1cc(C2CC2)nn1-c1ccccc1)c1cccs1. The second-order valence-electron chi connectivity index (χ2n) is 6.19. The Morgan fingerprint density at radius 2 is 2.04 bits per heavy atom. The van der Waals surface area contributed by atoms with E-state index in [9.17, 15) is 4.79 Å². The first-order valence-electron chi connectivity index (χ1n) is 8.22. The number of hydrogen-bond donors (Lipinski definition) is 1. The van der Waals surface area contributed by atoms with Crippen LogP contribution in [0.3, 0.4) is 0 Å². The number of carbonyl (C=O) groups is 1. The number of thiophene rings is 1. The zero-order valence-corrected chi connectivity index (χ0v) is 14.3. The number of rotatable bonds is 5. The number of aromatic nitrogens is 2. The van der Waals surface area contributed by atoms with Crippen molar-refractivity contribution in [3.8, 4) is 5.69 Å². The largest absolute Gasteiger partial charge is 0.343 e. The molecule has 0 bridgehead atoms. The van der Waals surface area contributed by atoms with Crippen LogP contribution in [0.25, 0.3) is 5.69 Å². The van der Waals surface area contributed by atoms with Gasteiger partial charge >= 0.3 is 0 Å². The van der Waals surface area contributed by atoms with Gasteiger partial charge in [-0.3, -0.25) is 4.79 Å². The molecule has 1 aliphatic carbocycles. The van der Waals surface area contributed by atoms with Crippen LogP contribution in [0.5, 0.6) is 0 Å². The Kier molecular flexibility index (Phi) is 3.94. The molecule has 1 saturated carbocycles. The number of amides is 1. The summed E-state index contributed by atoms with van der Waals surface area (Å²) >= 11 is 1.65. The topological polar surface area (TPSA) is 46.9 Å². The summed E-state index contributed by atoms with van der Waals surface area (Å²) in [5.74, 6) is 0.426. The summed E-state index contributed by atoms with van der Waals surface area (Å²) in [5, 5.41) is 9.81. The molecule has 2 heterocycles. The monoisotopic (exact) mass is 337 g/mol. The van der Waals surface area contributed by atoms with E-state index in [1.54, 1.807) is 16.0 Å². The summed E-state index contributed by atoms with van der Waals surface area (Å²) in [6, 6.07) is 15.8. The highest BCUT2D eigenvalue weighted by molar-refractivity contribution is 7.10. The van der Waals surface area contributed by atoms with Crippen LogP contribution in [0.1, 0.15) is 52.8 Å². The van der Waals surface area contributed by atoms with Crippen LogP contribution >= 0.6 is 11.3 Å². The fourth-order valence-corrected chi connectivity index (χ4v) is 3.52. The van der Waals surface area contributed by atoms with Crippen molar-refractivity contribution in [3.63, 3.8) is 0 Å². The first-order valence-corrected chi connectivity index (χ1v) is 9.10. The molecule has 2 aromatic heterocycles. The minimum atomic E-state index is -0.0841. The van der Waals surface area contributed by atoms with Crippen LogP contribution in [-0.4, -0.2) is 15.7 Å². The molecule has 4 nitrogen and oxygen atoms in total. The lowest BCUT2D eigenvalue weighted by atomic mass is 10.2. The normalized spacial score (nSPS) is 15.2. The molecule has 122 valence electrons. The van der Waals surface area contributed by atoms with Crippen molar-refractivity contribution >= 4 is 17.2 Å². The minimum absolute atomic E-state index is 0.0130. The summed E-state index contributed by atoms with van der Waals surface area (Å²) in [5.41, 5.74) is 2.54. The van der Waals surface area contributed by atoms with Crippen LogP contribution < -0.4 is 5.32 Å². The molecule has 5 heteroatoms. The lowest BCUT2D eigenvalue weighted by Gasteiger charge is -2.13. The van der Waals surface area contributed by atoms with Gasteiger partial charge in [-0.05, 0) is 49.4 Å². The number of hydrogen-bond acceptors (Lipinski definition) is 3. The van der Waals surface area contributed by atoms with Crippen LogP contribution in [0, 0.1) is 0 Å². The smallest absolute Gasteiger partial charge is 0.270 e. The minimum Gasteiger partial charge on any atom is -0.343 e. The predicted molar refractivity (Wildman–Crippen MR) is 95.7 cm³/mol. The van der Waals surface area contributed by atoms with E-state index in [0.717, 1.165) is 16.3 Å². The zero-order valence-electron chi connectivity index (χ0n) is 13.5. The Bertz CT molecular complexity index is 835. The lowest BCUT2D eigenvalue weighted by molar-refractivity contribution is 0.0932. The summed E-state index contributed by atoms with van der Waals surface area (Å²) < 4.78 is 1.77. The molecule has 1 N–H and O–H groups in total. The van der Waals surface area contributed by atoms with E-state index >= 15 is 0 Å². The predicted octanol–water partition coefficient (Wildman–Crippen LogP) is 4.30. The van der Waals surface area contributed by atoms with E-state index in [2.05, 4.69) is 5.32 Å². The van der Waals surface area contributed by atoms with Gasteiger partial charge in [0, 0.05) is 10.8 Å². The maximum absolute atomic E-state index is 12.8. The van der Waals surface area contributed by atoms with Gasteiger partial charge in [0.15, 0.2) is 0 Å². The third kappa shape index (κ3) is 2.99. The van der Waals surface area contributed by atoms with Gasteiger partial charge in [-0.1, -0.05) is 24.3 Å². The van der Waals surface area contributed by atoms with Gasteiger partial charge in [0.2, 0.25) is 0 Å². The van der Waals surface area contributed by atoms with Gasteiger partial charge in [-0.15, -0.1) is 11.3 Å². The molecule has 1 aromatic carbocycles. The zero-order chi connectivity index (χ0) is 16.5. The summed E-state index contributed by atoms with van der Waals surface area (Å²) in [4.78, 5) is 14.0. The highest BCUT2D eigenvalue weighted by Crippen LogP contribution is 2.39. The Morgan fingerprint density at radius 1 is 1.25 bits per heavy atom. The molecule has 1 unspecified atom stereocenters. The molecular formula is C19H19N3OS. The Labute approximate surface area is 145 Å². The molecule has 1 fully saturated rings. The number of carbonyl (C=O) groups excluding carboxylic acids is 1. The number of nitrogens with zero attached hydrogens (tertiary/aromatic N) is 2. The van der Waals surface area contributed by atoms with Crippen molar-refractivity contribution < 1.29 is 4.79 Å². The third-order valence-electron chi connectivity index (χ3n) is 4.27. The fraction of sp³-hybridized carbons (Fsp3) is 0.263. The van der Waals surface area contributed by atoms with E-state index in [1.807, 2.05) is 60.8 Å². The molecule has 1 aliphatic rings. The van der Waals surface area contributed by atoms with Gasteiger partial charge in [-0.2, -0.15) is 5.10 Å². The van der Waals surface area contributed by atoms with Crippen molar-refractivity contribution in [2.45, 2.75) is 31.7 Å². The van der Waals surface area contributed by atoms with Crippen molar-refractivity contribution in [2.24, 2.45) is 0 Å². The second kappa shape index (κ2) is 6.24. The van der Waals surface area contributed by atoms with Crippen molar-refractivity contribution in [1.29, 1.82) is 0 Å².